The van der Waals surface area contributed by atoms with E-state index in [4.69, 9.17) is 4.74 Å². The zero-order valence-corrected chi connectivity index (χ0v) is 12.4. The van der Waals surface area contributed by atoms with Gasteiger partial charge in [-0.15, -0.1) is 0 Å². The second-order valence-corrected chi connectivity index (χ2v) is 6.47. The molecule has 0 spiro atoms. The average molecular weight is 386 g/mol. The van der Waals surface area contributed by atoms with Crippen molar-refractivity contribution in [3.8, 4) is 0 Å². The molecule has 2 rings (SSSR count). The number of rotatable bonds is 3. The molecule has 100 valence electrons. The minimum atomic E-state index is -3.64. The molecule has 1 aliphatic heterocycles. The second kappa shape index (κ2) is 5.68. The fourth-order valence-corrected chi connectivity index (χ4v) is 3.46. The molecule has 0 saturated carbocycles. The topological polar surface area (TPSA) is 58.6 Å². The molecule has 1 N–H and O–H groups in total. The quantitative estimate of drug-likeness (QED) is 0.800. The monoisotopic (exact) mass is 386 g/mol. The molecular formula is C10H12FIN2O3S. The number of nitrogens with zero attached hydrogens (tertiary/aromatic N) is 1. The number of nitrogens with one attached hydrogen (secondary N) is 1. The van der Waals surface area contributed by atoms with Crippen LogP contribution in [0.4, 0.5) is 10.1 Å². The fourth-order valence-electron chi connectivity index (χ4n) is 1.57. The van der Waals surface area contributed by atoms with Gasteiger partial charge in [0.1, 0.15) is 5.82 Å². The van der Waals surface area contributed by atoms with Crippen LogP contribution < -0.4 is 4.72 Å². The number of halogens is 2. The molecule has 1 fully saturated rings. The smallest absolute Gasteiger partial charge is 0.301 e. The predicted molar refractivity (Wildman–Crippen MR) is 74.1 cm³/mol. The second-order valence-electron chi connectivity index (χ2n) is 3.72. The number of morpholine rings is 1. The minimum absolute atomic E-state index is 0.252. The van der Waals surface area contributed by atoms with Crippen LogP contribution in [-0.4, -0.2) is 39.0 Å². The molecule has 1 aromatic rings. The van der Waals surface area contributed by atoms with E-state index in [0.717, 1.165) is 0 Å². The Labute approximate surface area is 119 Å². The molecule has 1 aliphatic rings. The maximum Gasteiger partial charge on any atom is 0.301 e. The Kier molecular flexibility index (Phi) is 4.41. The summed E-state index contributed by atoms with van der Waals surface area (Å²) in [4.78, 5) is 0. The molecule has 5 nitrogen and oxygen atoms in total. The van der Waals surface area contributed by atoms with Crippen molar-refractivity contribution in [2.45, 2.75) is 0 Å². The lowest BCUT2D eigenvalue weighted by Gasteiger charge is -2.26. The molecule has 18 heavy (non-hydrogen) atoms. The van der Waals surface area contributed by atoms with Gasteiger partial charge in [0.25, 0.3) is 0 Å². The Morgan fingerprint density at radius 2 is 2.00 bits per heavy atom. The molecule has 0 atom stereocenters. The van der Waals surface area contributed by atoms with Crippen LogP contribution in [0.15, 0.2) is 18.2 Å². The van der Waals surface area contributed by atoms with E-state index in [1.165, 1.54) is 22.5 Å². The molecular weight excluding hydrogens is 374 g/mol. The van der Waals surface area contributed by atoms with Gasteiger partial charge in [0.15, 0.2) is 0 Å². The van der Waals surface area contributed by atoms with Crippen LogP contribution in [0.1, 0.15) is 0 Å². The van der Waals surface area contributed by atoms with Gasteiger partial charge in [-0.05, 0) is 34.7 Å². The molecule has 0 aliphatic carbocycles. The standard InChI is InChI=1S/C10H12FIN2O3S/c11-8-2-1-3-9(10(8)12)13-18(15,16)14-4-6-17-7-5-14/h1-3,13H,4-7H2. The summed E-state index contributed by atoms with van der Waals surface area (Å²) in [5.41, 5.74) is 0.252. The zero-order valence-electron chi connectivity index (χ0n) is 9.40. The van der Waals surface area contributed by atoms with Crippen LogP contribution in [0, 0.1) is 9.39 Å². The van der Waals surface area contributed by atoms with E-state index in [0.29, 0.717) is 26.3 Å². The maximum atomic E-state index is 13.3. The van der Waals surface area contributed by atoms with E-state index in [1.807, 2.05) is 0 Å². The number of ether oxygens (including phenoxy) is 1. The summed E-state index contributed by atoms with van der Waals surface area (Å²) < 4.78 is 46.5. The third-order valence-corrected chi connectivity index (χ3v) is 5.12. The number of hydrogen-bond acceptors (Lipinski definition) is 3. The van der Waals surface area contributed by atoms with Gasteiger partial charge in [-0.2, -0.15) is 12.7 Å². The molecule has 0 amide bonds. The third-order valence-electron chi connectivity index (χ3n) is 2.50. The normalized spacial score (nSPS) is 17.7. The maximum absolute atomic E-state index is 13.3. The van der Waals surface area contributed by atoms with Gasteiger partial charge in [-0.1, -0.05) is 6.07 Å². The highest BCUT2D eigenvalue weighted by Crippen LogP contribution is 2.22. The van der Waals surface area contributed by atoms with Crippen molar-refractivity contribution in [3.05, 3.63) is 27.6 Å². The summed E-state index contributed by atoms with van der Waals surface area (Å²) in [5.74, 6) is -0.447. The van der Waals surface area contributed by atoms with Gasteiger partial charge >= 0.3 is 10.2 Å². The lowest BCUT2D eigenvalue weighted by atomic mass is 10.3. The van der Waals surface area contributed by atoms with E-state index in [-0.39, 0.29) is 9.26 Å². The van der Waals surface area contributed by atoms with Crippen LogP contribution >= 0.6 is 22.6 Å². The van der Waals surface area contributed by atoms with Gasteiger partial charge in [-0.25, -0.2) is 4.39 Å². The lowest BCUT2D eigenvalue weighted by Crippen LogP contribution is -2.43. The van der Waals surface area contributed by atoms with E-state index in [9.17, 15) is 12.8 Å². The summed E-state index contributed by atoms with van der Waals surface area (Å²) in [6.07, 6.45) is 0. The van der Waals surface area contributed by atoms with Gasteiger partial charge in [0.05, 0.1) is 22.5 Å². The third kappa shape index (κ3) is 3.11. The average Bonchev–Trinajstić information content (AvgIpc) is 2.36. The zero-order chi connectivity index (χ0) is 13.2. The minimum Gasteiger partial charge on any atom is -0.379 e. The van der Waals surface area contributed by atoms with E-state index < -0.39 is 16.0 Å². The van der Waals surface area contributed by atoms with E-state index in [1.54, 1.807) is 22.6 Å². The van der Waals surface area contributed by atoms with E-state index >= 15 is 0 Å². The molecule has 1 aromatic carbocycles. The number of anilines is 1. The summed E-state index contributed by atoms with van der Waals surface area (Å²) >= 11 is 1.77. The Morgan fingerprint density at radius 1 is 1.33 bits per heavy atom. The van der Waals surface area contributed by atoms with Crippen LogP contribution in [-0.2, 0) is 14.9 Å². The van der Waals surface area contributed by atoms with Crippen molar-refractivity contribution in [1.82, 2.24) is 4.31 Å². The highest BCUT2D eigenvalue weighted by molar-refractivity contribution is 14.1. The SMILES string of the molecule is O=S(=O)(Nc1cccc(F)c1I)N1CCOCC1. The van der Waals surface area contributed by atoms with Gasteiger partial charge in [0.2, 0.25) is 0 Å². The van der Waals surface area contributed by atoms with Gasteiger partial charge in [-0.3, -0.25) is 4.72 Å². The predicted octanol–water partition coefficient (Wildman–Crippen LogP) is 1.42. The molecule has 1 heterocycles. The number of hydrogen-bond donors (Lipinski definition) is 1. The van der Waals surface area contributed by atoms with Crippen LogP contribution in [0.3, 0.4) is 0 Å². The lowest BCUT2D eigenvalue weighted by molar-refractivity contribution is 0.0733. The van der Waals surface area contributed by atoms with Crippen LogP contribution in [0.5, 0.6) is 0 Å². The first-order valence-electron chi connectivity index (χ1n) is 5.30. The van der Waals surface area contributed by atoms with Crippen molar-refractivity contribution in [3.63, 3.8) is 0 Å². The Morgan fingerprint density at radius 3 is 2.67 bits per heavy atom. The van der Waals surface area contributed by atoms with Crippen molar-refractivity contribution < 1.29 is 17.5 Å². The van der Waals surface area contributed by atoms with Crippen molar-refractivity contribution in [2.24, 2.45) is 0 Å². The highest BCUT2D eigenvalue weighted by atomic mass is 127. The largest absolute Gasteiger partial charge is 0.379 e. The Bertz CT molecular complexity index is 532. The van der Waals surface area contributed by atoms with Crippen molar-refractivity contribution in [1.29, 1.82) is 0 Å². The van der Waals surface area contributed by atoms with E-state index in [2.05, 4.69) is 4.72 Å². The van der Waals surface area contributed by atoms with Crippen molar-refractivity contribution >= 4 is 38.5 Å². The molecule has 0 aromatic heterocycles. The highest BCUT2D eigenvalue weighted by Gasteiger charge is 2.25. The molecule has 0 bridgehead atoms. The Hall–Kier alpha value is -0.450. The molecule has 0 unspecified atom stereocenters. The molecule has 1 saturated heterocycles. The Balaban J connectivity index is 2.19. The van der Waals surface area contributed by atoms with Crippen molar-refractivity contribution in [2.75, 3.05) is 31.0 Å². The first-order valence-corrected chi connectivity index (χ1v) is 7.82. The summed E-state index contributed by atoms with van der Waals surface area (Å²) in [6, 6.07) is 4.28. The van der Waals surface area contributed by atoms with Gasteiger partial charge < -0.3 is 4.74 Å². The fraction of sp³-hybridized carbons (Fsp3) is 0.400. The van der Waals surface area contributed by atoms with Crippen LogP contribution in [0.2, 0.25) is 0 Å². The molecule has 0 radical (unpaired) electrons. The summed E-state index contributed by atoms with van der Waals surface area (Å²) in [6.45, 7) is 1.37. The number of benzene rings is 1. The first kappa shape index (κ1) is 14.0. The van der Waals surface area contributed by atoms with Crippen LogP contribution in [0.25, 0.3) is 0 Å². The van der Waals surface area contributed by atoms with Gasteiger partial charge in [0, 0.05) is 13.1 Å². The first-order chi connectivity index (χ1) is 8.50. The summed E-state index contributed by atoms with van der Waals surface area (Å²) in [5, 5.41) is 0. The molecule has 8 heteroatoms. The summed E-state index contributed by atoms with van der Waals surface area (Å²) in [7, 11) is -3.64.